The van der Waals surface area contributed by atoms with Gasteiger partial charge >= 0.3 is 0 Å². The van der Waals surface area contributed by atoms with Gasteiger partial charge in [-0.25, -0.2) is 4.39 Å². The largest absolute Gasteiger partial charge is 0.481 e. The van der Waals surface area contributed by atoms with Gasteiger partial charge in [-0.05, 0) is 34.5 Å². The number of nitrogens with one attached hydrogen (secondary N) is 1. The molecule has 0 aliphatic rings. The molecular formula is C14H14FNO3S. The lowest BCUT2D eigenvalue weighted by Crippen LogP contribution is -2.32. The van der Waals surface area contributed by atoms with Crippen molar-refractivity contribution in [1.29, 1.82) is 0 Å². The standard InChI is InChI=1S/C14H14FNO3S/c15-11-3-1-2-4-13(11)19-8-14(18)16-7-12(17)10-5-6-20-9-10/h1-6,9,12,17H,7-8H2,(H,16,18)/t12-/m1/s1. The van der Waals surface area contributed by atoms with E-state index in [0.29, 0.717) is 0 Å². The van der Waals surface area contributed by atoms with E-state index >= 15 is 0 Å². The van der Waals surface area contributed by atoms with Gasteiger partial charge in [-0.3, -0.25) is 4.79 Å². The molecule has 4 nitrogen and oxygen atoms in total. The van der Waals surface area contributed by atoms with Crippen LogP contribution in [0.15, 0.2) is 41.1 Å². The molecule has 0 aliphatic heterocycles. The first-order valence-corrected chi connectivity index (χ1v) is 6.95. The van der Waals surface area contributed by atoms with Crippen LogP contribution in [0, 0.1) is 5.82 Å². The van der Waals surface area contributed by atoms with E-state index in [9.17, 15) is 14.3 Å². The highest BCUT2D eigenvalue weighted by Gasteiger charge is 2.11. The van der Waals surface area contributed by atoms with Gasteiger partial charge in [0.2, 0.25) is 0 Å². The Labute approximate surface area is 119 Å². The van der Waals surface area contributed by atoms with E-state index in [4.69, 9.17) is 4.74 Å². The summed E-state index contributed by atoms with van der Waals surface area (Å²) in [5.74, 6) is -0.901. The van der Waals surface area contributed by atoms with Gasteiger partial charge in [0.15, 0.2) is 18.2 Å². The zero-order valence-electron chi connectivity index (χ0n) is 10.6. The molecule has 106 valence electrons. The summed E-state index contributed by atoms with van der Waals surface area (Å²) in [5, 5.41) is 16.0. The highest BCUT2D eigenvalue weighted by molar-refractivity contribution is 7.07. The maximum atomic E-state index is 13.2. The number of aliphatic hydroxyl groups excluding tert-OH is 1. The molecule has 0 aliphatic carbocycles. The van der Waals surface area contributed by atoms with Crippen molar-refractivity contribution < 1.29 is 19.0 Å². The molecule has 0 spiro atoms. The number of thiophene rings is 1. The lowest BCUT2D eigenvalue weighted by atomic mass is 10.2. The third-order valence-corrected chi connectivity index (χ3v) is 3.32. The number of hydrogen-bond acceptors (Lipinski definition) is 4. The number of hydrogen-bond donors (Lipinski definition) is 2. The molecule has 2 rings (SSSR count). The second kappa shape index (κ2) is 7.02. The molecule has 1 aromatic carbocycles. The summed E-state index contributed by atoms with van der Waals surface area (Å²) in [6, 6.07) is 7.66. The number of amides is 1. The normalized spacial score (nSPS) is 11.9. The summed E-state index contributed by atoms with van der Waals surface area (Å²) in [6.45, 7) is -0.201. The third-order valence-electron chi connectivity index (χ3n) is 2.62. The number of ether oxygens (including phenoxy) is 1. The van der Waals surface area contributed by atoms with Gasteiger partial charge in [0.25, 0.3) is 5.91 Å². The average molecular weight is 295 g/mol. The Balaban J connectivity index is 1.75. The number of carbonyl (C=O) groups excluding carboxylic acids is 1. The average Bonchev–Trinajstić information content (AvgIpc) is 2.98. The van der Waals surface area contributed by atoms with Crippen LogP contribution in [-0.4, -0.2) is 24.2 Å². The van der Waals surface area contributed by atoms with E-state index in [2.05, 4.69) is 5.32 Å². The van der Waals surface area contributed by atoms with Gasteiger partial charge in [0.1, 0.15) is 0 Å². The van der Waals surface area contributed by atoms with Crippen molar-refractivity contribution >= 4 is 17.2 Å². The summed E-state index contributed by atoms with van der Waals surface area (Å²) >= 11 is 1.47. The van der Waals surface area contributed by atoms with Crippen LogP contribution in [-0.2, 0) is 4.79 Å². The van der Waals surface area contributed by atoms with Gasteiger partial charge in [0.05, 0.1) is 6.10 Å². The van der Waals surface area contributed by atoms with E-state index in [-0.39, 0.29) is 18.9 Å². The Hall–Kier alpha value is -1.92. The molecule has 0 radical (unpaired) electrons. The predicted molar refractivity (Wildman–Crippen MR) is 74.2 cm³/mol. The zero-order chi connectivity index (χ0) is 14.4. The van der Waals surface area contributed by atoms with Crippen LogP contribution in [0.4, 0.5) is 4.39 Å². The maximum Gasteiger partial charge on any atom is 0.258 e. The highest BCUT2D eigenvalue weighted by atomic mass is 32.1. The van der Waals surface area contributed by atoms with Crippen molar-refractivity contribution in [2.24, 2.45) is 0 Å². The van der Waals surface area contributed by atoms with Crippen molar-refractivity contribution in [3.8, 4) is 5.75 Å². The predicted octanol–water partition coefficient (Wildman–Crippen LogP) is 2.12. The van der Waals surface area contributed by atoms with Crippen LogP contribution in [0.1, 0.15) is 11.7 Å². The minimum absolute atomic E-state index is 0.0287. The summed E-state index contributed by atoms with van der Waals surface area (Å²) < 4.78 is 18.3. The van der Waals surface area contributed by atoms with E-state index in [1.807, 2.05) is 10.8 Å². The summed E-state index contributed by atoms with van der Waals surface area (Å²) in [4.78, 5) is 11.5. The summed E-state index contributed by atoms with van der Waals surface area (Å²) in [5.41, 5.74) is 0.755. The quantitative estimate of drug-likeness (QED) is 0.858. The maximum absolute atomic E-state index is 13.2. The van der Waals surface area contributed by atoms with E-state index in [1.54, 1.807) is 18.2 Å². The monoisotopic (exact) mass is 295 g/mol. The molecule has 20 heavy (non-hydrogen) atoms. The van der Waals surface area contributed by atoms with Crippen molar-refractivity contribution in [2.45, 2.75) is 6.10 Å². The first-order chi connectivity index (χ1) is 9.66. The van der Waals surface area contributed by atoms with Crippen LogP contribution in [0.25, 0.3) is 0 Å². The third kappa shape index (κ3) is 4.04. The van der Waals surface area contributed by atoms with E-state index < -0.39 is 17.8 Å². The van der Waals surface area contributed by atoms with Crippen LogP contribution < -0.4 is 10.1 Å². The Morgan fingerprint density at radius 2 is 2.20 bits per heavy atom. The topological polar surface area (TPSA) is 58.6 Å². The molecule has 6 heteroatoms. The van der Waals surface area contributed by atoms with Gasteiger partial charge in [-0.2, -0.15) is 11.3 Å². The molecular weight excluding hydrogens is 281 g/mol. The Bertz CT molecular complexity index is 559. The molecule has 1 heterocycles. The van der Waals surface area contributed by atoms with Crippen LogP contribution in [0.2, 0.25) is 0 Å². The Morgan fingerprint density at radius 3 is 2.90 bits per heavy atom. The number of carbonyl (C=O) groups is 1. The lowest BCUT2D eigenvalue weighted by molar-refractivity contribution is -0.123. The molecule has 0 bridgehead atoms. The van der Waals surface area contributed by atoms with Crippen molar-refractivity contribution in [3.63, 3.8) is 0 Å². The minimum atomic E-state index is -0.751. The second-order valence-electron chi connectivity index (χ2n) is 4.10. The summed E-state index contributed by atoms with van der Waals surface area (Å²) in [6.07, 6.45) is -0.751. The number of para-hydroxylation sites is 1. The van der Waals surface area contributed by atoms with Gasteiger partial charge in [-0.15, -0.1) is 0 Å². The fourth-order valence-electron chi connectivity index (χ4n) is 1.55. The fourth-order valence-corrected chi connectivity index (χ4v) is 2.26. The van der Waals surface area contributed by atoms with Gasteiger partial charge in [-0.1, -0.05) is 12.1 Å². The second-order valence-corrected chi connectivity index (χ2v) is 4.88. The van der Waals surface area contributed by atoms with Crippen molar-refractivity contribution in [1.82, 2.24) is 5.32 Å². The fraction of sp³-hybridized carbons (Fsp3) is 0.214. The Kier molecular flexibility index (Phi) is 5.09. The highest BCUT2D eigenvalue weighted by Crippen LogP contribution is 2.16. The first-order valence-electron chi connectivity index (χ1n) is 6.01. The smallest absolute Gasteiger partial charge is 0.258 e. The first kappa shape index (κ1) is 14.5. The van der Waals surface area contributed by atoms with E-state index in [1.165, 1.54) is 23.5 Å². The number of rotatable bonds is 6. The molecule has 2 aromatic rings. The summed E-state index contributed by atoms with van der Waals surface area (Å²) in [7, 11) is 0. The number of halogens is 1. The SMILES string of the molecule is O=C(COc1ccccc1F)NC[C@@H](O)c1ccsc1. The van der Waals surface area contributed by atoms with Crippen LogP contribution in [0.5, 0.6) is 5.75 Å². The Morgan fingerprint density at radius 1 is 1.40 bits per heavy atom. The molecule has 0 saturated heterocycles. The molecule has 1 amide bonds. The van der Waals surface area contributed by atoms with Gasteiger partial charge in [0, 0.05) is 6.54 Å². The van der Waals surface area contributed by atoms with Crippen LogP contribution in [0.3, 0.4) is 0 Å². The molecule has 1 atom stereocenters. The number of benzene rings is 1. The van der Waals surface area contributed by atoms with Crippen LogP contribution >= 0.6 is 11.3 Å². The molecule has 2 N–H and O–H groups in total. The lowest BCUT2D eigenvalue weighted by Gasteiger charge is -2.11. The molecule has 0 fully saturated rings. The molecule has 0 saturated carbocycles. The van der Waals surface area contributed by atoms with Crippen molar-refractivity contribution in [2.75, 3.05) is 13.2 Å². The molecule has 1 aromatic heterocycles. The van der Waals surface area contributed by atoms with Crippen molar-refractivity contribution in [3.05, 3.63) is 52.5 Å². The molecule has 0 unspecified atom stereocenters. The zero-order valence-corrected chi connectivity index (χ0v) is 11.4. The number of aliphatic hydroxyl groups is 1. The van der Waals surface area contributed by atoms with E-state index in [0.717, 1.165) is 5.56 Å². The minimum Gasteiger partial charge on any atom is -0.481 e. The van der Waals surface area contributed by atoms with Gasteiger partial charge < -0.3 is 15.2 Å².